The first kappa shape index (κ1) is 11.4. The van der Waals surface area contributed by atoms with Crippen LogP contribution in [0.2, 0.25) is 0 Å². The van der Waals surface area contributed by atoms with E-state index in [0.717, 1.165) is 0 Å². The predicted molar refractivity (Wildman–Crippen MR) is 63.6 cm³/mol. The molecule has 88 valence electrons. The van der Waals surface area contributed by atoms with Gasteiger partial charge in [0, 0.05) is 6.07 Å². The minimum Gasteiger partial charge on any atom is -0.506 e. The number of hydrogen-bond donors (Lipinski definition) is 1. The quantitative estimate of drug-likeness (QED) is 0.605. The molecule has 0 atom stereocenters. The second-order valence-electron chi connectivity index (χ2n) is 4.09. The van der Waals surface area contributed by atoms with Gasteiger partial charge in [0.15, 0.2) is 5.78 Å². The van der Waals surface area contributed by atoms with Crippen molar-refractivity contribution in [2.75, 3.05) is 0 Å². The number of ketones is 1. The smallest absolute Gasteiger partial charge is 0.336 e. The standard InChI is InChI=1S/C13H12O4/c1-6-4-9-12(7(2)5-10(15)17-9)13(16)11(6)8(3)14/h4-5,16H,1-3H3. The van der Waals surface area contributed by atoms with E-state index in [1.165, 1.54) is 13.0 Å². The Morgan fingerprint density at radius 2 is 1.88 bits per heavy atom. The third kappa shape index (κ3) is 1.71. The number of carbonyl (C=O) groups excluding carboxylic acids is 1. The molecule has 0 bridgehead atoms. The van der Waals surface area contributed by atoms with E-state index in [2.05, 4.69) is 0 Å². The van der Waals surface area contributed by atoms with Crippen molar-refractivity contribution in [3.63, 3.8) is 0 Å². The van der Waals surface area contributed by atoms with Crippen molar-refractivity contribution in [1.82, 2.24) is 0 Å². The normalized spacial score (nSPS) is 10.8. The lowest BCUT2D eigenvalue weighted by Gasteiger charge is -2.09. The van der Waals surface area contributed by atoms with Crippen LogP contribution >= 0.6 is 0 Å². The van der Waals surface area contributed by atoms with Crippen LogP contribution in [0.1, 0.15) is 28.4 Å². The molecule has 0 saturated heterocycles. The molecule has 0 unspecified atom stereocenters. The van der Waals surface area contributed by atoms with Crippen molar-refractivity contribution in [3.8, 4) is 5.75 Å². The fourth-order valence-electron chi connectivity index (χ4n) is 2.06. The number of Topliss-reactive ketones (excluding diaryl/α,β-unsaturated/α-hetero) is 1. The first-order valence-corrected chi connectivity index (χ1v) is 5.19. The van der Waals surface area contributed by atoms with Crippen LogP contribution in [0.3, 0.4) is 0 Å². The van der Waals surface area contributed by atoms with Gasteiger partial charge in [-0.2, -0.15) is 0 Å². The molecular weight excluding hydrogens is 220 g/mol. The zero-order valence-corrected chi connectivity index (χ0v) is 9.83. The van der Waals surface area contributed by atoms with Crippen LogP contribution in [0, 0.1) is 13.8 Å². The van der Waals surface area contributed by atoms with Crippen molar-refractivity contribution < 1.29 is 14.3 Å². The van der Waals surface area contributed by atoms with E-state index >= 15 is 0 Å². The topological polar surface area (TPSA) is 67.5 Å². The highest BCUT2D eigenvalue weighted by molar-refractivity contribution is 6.04. The van der Waals surface area contributed by atoms with Crippen LogP contribution < -0.4 is 5.63 Å². The van der Waals surface area contributed by atoms with Gasteiger partial charge in [-0.1, -0.05) is 0 Å². The van der Waals surface area contributed by atoms with Gasteiger partial charge < -0.3 is 9.52 Å². The van der Waals surface area contributed by atoms with Gasteiger partial charge in [-0.15, -0.1) is 0 Å². The number of rotatable bonds is 1. The molecule has 0 aliphatic carbocycles. The average molecular weight is 232 g/mol. The van der Waals surface area contributed by atoms with E-state index in [1.807, 2.05) is 0 Å². The highest BCUT2D eigenvalue weighted by Gasteiger charge is 2.17. The lowest BCUT2D eigenvalue weighted by molar-refractivity contribution is 0.101. The molecular formula is C13H12O4. The van der Waals surface area contributed by atoms with Gasteiger partial charge in [-0.3, -0.25) is 4.79 Å². The van der Waals surface area contributed by atoms with Crippen molar-refractivity contribution >= 4 is 16.8 Å². The van der Waals surface area contributed by atoms with Crippen LogP contribution in [-0.2, 0) is 0 Å². The monoisotopic (exact) mass is 232 g/mol. The first-order valence-electron chi connectivity index (χ1n) is 5.19. The molecule has 1 aromatic heterocycles. The summed E-state index contributed by atoms with van der Waals surface area (Å²) in [5, 5.41) is 10.5. The molecule has 0 amide bonds. The maximum Gasteiger partial charge on any atom is 0.336 e. The van der Waals surface area contributed by atoms with E-state index in [4.69, 9.17) is 4.42 Å². The first-order chi connectivity index (χ1) is 7.91. The largest absolute Gasteiger partial charge is 0.506 e. The van der Waals surface area contributed by atoms with Gasteiger partial charge in [-0.05, 0) is 38.0 Å². The van der Waals surface area contributed by atoms with Crippen molar-refractivity contribution in [3.05, 3.63) is 39.2 Å². The fourth-order valence-corrected chi connectivity index (χ4v) is 2.06. The summed E-state index contributed by atoms with van der Waals surface area (Å²) in [6.45, 7) is 4.78. The SMILES string of the molecule is CC(=O)c1c(C)cc2oc(=O)cc(C)c2c1O. The Morgan fingerprint density at radius 3 is 2.47 bits per heavy atom. The molecule has 0 fully saturated rings. The Balaban J connectivity index is 3.02. The molecule has 0 radical (unpaired) electrons. The molecule has 0 saturated carbocycles. The summed E-state index contributed by atoms with van der Waals surface area (Å²) in [6.07, 6.45) is 0. The minimum absolute atomic E-state index is 0.117. The molecule has 17 heavy (non-hydrogen) atoms. The second kappa shape index (κ2) is 3.73. The summed E-state index contributed by atoms with van der Waals surface area (Å²) in [7, 11) is 0. The van der Waals surface area contributed by atoms with Crippen molar-refractivity contribution in [2.45, 2.75) is 20.8 Å². The molecule has 4 heteroatoms. The summed E-state index contributed by atoms with van der Waals surface area (Å²) in [5.41, 5.74) is 1.29. The summed E-state index contributed by atoms with van der Waals surface area (Å²) in [6, 6.07) is 2.89. The minimum atomic E-state index is -0.468. The molecule has 2 rings (SSSR count). The highest BCUT2D eigenvalue weighted by Crippen LogP contribution is 2.33. The zero-order valence-electron chi connectivity index (χ0n) is 9.83. The third-order valence-electron chi connectivity index (χ3n) is 2.75. The van der Waals surface area contributed by atoms with Gasteiger partial charge in [-0.25, -0.2) is 4.79 Å². The lowest BCUT2D eigenvalue weighted by atomic mass is 9.99. The Labute approximate surface area is 97.5 Å². The number of aromatic hydroxyl groups is 1. The zero-order chi connectivity index (χ0) is 12.7. The Hall–Kier alpha value is -2.10. The molecule has 0 aliphatic heterocycles. The molecule has 2 aromatic rings. The maximum absolute atomic E-state index is 11.5. The number of hydrogen-bond acceptors (Lipinski definition) is 4. The van der Waals surface area contributed by atoms with E-state index in [0.29, 0.717) is 22.1 Å². The summed E-state index contributed by atoms with van der Waals surface area (Å²) in [5.74, 6) is -0.332. The van der Waals surface area contributed by atoms with Gasteiger partial charge in [0.1, 0.15) is 11.3 Å². The number of carbonyl (C=O) groups is 1. The van der Waals surface area contributed by atoms with Crippen LogP contribution in [0.25, 0.3) is 11.0 Å². The Bertz CT molecular complexity index is 680. The number of aryl methyl sites for hydroxylation is 2. The van der Waals surface area contributed by atoms with Gasteiger partial charge in [0.05, 0.1) is 10.9 Å². The molecule has 4 nitrogen and oxygen atoms in total. The fraction of sp³-hybridized carbons (Fsp3) is 0.231. The molecule has 1 heterocycles. The van der Waals surface area contributed by atoms with Gasteiger partial charge in [0.25, 0.3) is 0 Å². The van der Waals surface area contributed by atoms with Crippen molar-refractivity contribution in [2.24, 2.45) is 0 Å². The van der Waals surface area contributed by atoms with Crippen LogP contribution in [-0.4, -0.2) is 10.9 Å². The molecule has 0 spiro atoms. The Morgan fingerprint density at radius 1 is 1.24 bits per heavy atom. The summed E-state index contributed by atoms with van der Waals surface area (Å²) >= 11 is 0. The number of fused-ring (bicyclic) bond motifs is 1. The predicted octanol–water partition coefficient (Wildman–Crippen LogP) is 2.32. The second-order valence-corrected chi connectivity index (χ2v) is 4.09. The molecule has 1 N–H and O–H groups in total. The molecule has 1 aromatic carbocycles. The average Bonchev–Trinajstić information content (AvgIpc) is 2.13. The lowest BCUT2D eigenvalue weighted by Crippen LogP contribution is -2.02. The number of phenolic OH excluding ortho intramolecular Hbond substituents is 1. The molecule has 0 aliphatic rings. The van der Waals surface area contributed by atoms with E-state index < -0.39 is 5.63 Å². The van der Waals surface area contributed by atoms with E-state index in [1.54, 1.807) is 19.9 Å². The van der Waals surface area contributed by atoms with Crippen molar-refractivity contribution in [1.29, 1.82) is 0 Å². The number of phenols is 1. The number of benzene rings is 1. The summed E-state index contributed by atoms with van der Waals surface area (Å²) in [4.78, 5) is 22.7. The van der Waals surface area contributed by atoms with Gasteiger partial charge in [0.2, 0.25) is 0 Å². The van der Waals surface area contributed by atoms with E-state index in [-0.39, 0.29) is 17.1 Å². The van der Waals surface area contributed by atoms with Gasteiger partial charge >= 0.3 is 5.63 Å². The van der Waals surface area contributed by atoms with E-state index in [9.17, 15) is 14.7 Å². The third-order valence-corrected chi connectivity index (χ3v) is 2.75. The van der Waals surface area contributed by atoms with Crippen LogP contribution in [0.15, 0.2) is 21.3 Å². The summed E-state index contributed by atoms with van der Waals surface area (Å²) < 4.78 is 5.01. The maximum atomic E-state index is 11.5. The van der Waals surface area contributed by atoms with Crippen LogP contribution in [0.4, 0.5) is 0 Å². The Kier molecular flexibility index (Phi) is 2.50. The highest BCUT2D eigenvalue weighted by atomic mass is 16.4. The van der Waals surface area contributed by atoms with Crippen LogP contribution in [0.5, 0.6) is 5.75 Å².